The summed E-state index contributed by atoms with van der Waals surface area (Å²) in [5, 5.41) is 7.11. The monoisotopic (exact) mass is 500 g/mol. The van der Waals surface area contributed by atoms with Crippen molar-refractivity contribution in [1.82, 2.24) is 15.2 Å². The minimum absolute atomic E-state index is 0.142. The van der Waals surface area contributed by atoms with Crippen molar-refractivity contribution < 1.29 is 4.79 Å². The van der Waals surface area contributed by atoms with E-state index in [0.29, 0.717) is 28.1 Å². The Hall–Kier alpha value is -2.31. The van der Waals surface area contributed by atoms with Gasteiger partial charge in [-0.2, -0.15) is 0 Å². The Morgan fingerprint density at radius 2 is 1.86 bits per heavy atom. The summed E-state index contributed by atoms with van der Waals surface area (Å²) < 4.78 is 0. The molecule has 0 spiro atoms. The van der Waals surface area contributed by atoms with Crippen LogP contribution in [0.15, 0.2) is 23.0 Å². The number of carbonyl (C=O) groups excluding carboxylic acids is 1. The molecule has 1 aliphatic rings. The lowest BCUT2D eigenvalue weighted by molar-refractivity contribution is 0.0950. The van der Waals surface area contributed by atoms with Crippen LogP contribution in [-0.2, 0) is 13.0 Å². The molecule has 0 radical (unpaired) electrons. The standard InChI is InChI=1S/C28H41ClN4O2/c1-7-8-21-13-17(2)31-28(35)25(21)16-30-27(34)24-14-22(29)15-26(18(24)3)32-19(4)20-9-11-23(12-10-20)33(5)6/h13-15,19-20,23,32H,7-12,16H2,1-6H3,(H,30,34)(H,31,35). The lowest BCUT2D eigenvalue weighted by atomic mass is 9.81. The van der Waals surface area contributed by atoms with Crippen molar-refractivity contribution >= 4 is 23.2 Å². The Bertz CT molecular complexity index is 1090. The fraction of sp³-hybridized carbons (Fsp3) is 0.571. The van der Waals surface area contributed by atoms with E-state index in [4.69, 9.17) is 11.6 Å². The number of aromatic amines is 1. The predicted octanol–water partition coefficient (Wildman–Crippen LogP) is 5.45. The first-order chi connectivity index (χ1) is 16.6. The maximum absolute atomic E-state index is 13.2. The zero-order valence-corrected chi connectivity index (χ0v) is 22.8. The molecule has 0 saturated heterocycles. The van der Waals surface area contributed by atoms with Gasteiger partial charge in [-0.3, -0.25) is 9.59 Å². The van der Waals surface area contributed by atoms with Gasteiger partial charge in [-0.1, -0.05) is 24.9 Å². The minimum atomic E-state index is -0.227. The van der Waals surface area contributed by atoms with Crippen molar-refractivity contribution in [2.75, 3.05) is 19.4 Å². The Labute approximate surface area is 214 Å². The Morgan fingerprint density at radius 1 is 1.17 bits per heavy atom. The topological polar surface area (TPSA) is 77.2 Å². The number of hydrogen-bond donors (Lipinski definition) is 3. The minimum Gasteiger partial charge on any atom is -0.382 e. The van der Waals surface area contributed by atoms with Crippen LogP contribution in [0, 0.1) is 19.8 Å². The molecule has 35 heavy (non-hydrogen) atoms. The number of amides is 1. The molecule has 2 aromatic rings. The van der Waals surface area contributed by atoms with Crippen LogP contribution < -0.4 is 16.2 Å². The van der Waals surface area contributed by atoms with Crippen LogP contribution in [0.25, 0.3) is 0 Å². The fourth-order valence-corrected chi connectivity index (χ4v) is 5.50. The summed E-state index contributed by atoms with van der Waals surface area (Å²) in [4.78, 5) is 30.9. The number of nitrogens with zero attached hydrogens (tertiary/aromatic N) is 1. The molecule has 1 fully saturated rings. The first-order valence-electron chi connectivity index (χ1n) is 12.8. The van der Waals surface area contributed by atoms with Gasteiger partial charge in [0.05, 0.1) is 0 Å². The van der Waals surface area contributed by atoms with Gasteiger partial charge in [-0.05, 0) is 102 Å². The second-order valence-electron chi connectivity index (χ2n) is 10.3. The third kappa shape index (κ3) is 6.89. The summed E-state index contributed by atoms with van der Waals surface area (Å²) in [6.07, 6.45) is 6.54. The zero-order valence-electron chi connectivity index (χ0n) is 22.1. The number of aromatic nitrogens is 1. The molecule has 1 heterocycles. The molecule has 6 nitrogen and oxygen atoms in total. The average molecular weight is 501 g/mol. The van der Waals surface area contributed by atoms with Gasteiger partial charge in [0.25, 0.3) is 11.5 Å². The quantitative estimate of drug-likeness (QED) is 0.428. The Balaban J connectivity index is 1.72. The molecule has 1 unspecified atom stereocenters. The Morgan fingerprint density at radius 3 is 2.49 bits per heavy atom. The second kappa shape index (κ2) is 12.1. The number of H-pyrrole nitrogens is 1. The van der Waals surface area contributed by atoms with Gasteiger partial charge in [0, 0.05) is 46.2 Å². The zero-order chi connectivity index (χ0) is 25.7. The third-order valence-electron chi connectivity index (χ3n) is 7.49. The third-order valence-corrected chi connectivity index (χ3v) is 7.71. The van der Waals surface area contributed by atoms with Gasteiger partial charge in [-0.25, -0.2) is 0 Å². The fourth-order valence-electron chi connectivity index (χ4n) is 5.28. The molecule has 0 bridgehead atoms. The van der Waals surface area contributed by atoms with Crippen molar-refractivity contribution in [3.05, 3.63) is 61.5 Å². The van der Waals surface area contributed by atoms with Gasteiger partial charge in [0.2, 0.25) is 0 Å². The van der Waals surface area contributed by atoms with E-state index < -0.39 is 0 Å². The molecule has 7 heteroatoms. The van der Waals surface area contributed by atoms with Crippen molar-refractivity contribution in [2.24, 2.45) is 5.92 Å². The summed E-state index contributed by atoms with van der Waals surface area (Å²) in [5.74, 6) is 0.363. The SMILES string of the molecule is CCCc1cc(C)[nH]c(=O)c1CNC(=O)c1cc(Cl)cc(NC(C)C2CCC(N(C)C)CC2)c1C. The lowest BCUT2D eigenvalue weighted by Gasteiger charge is -2.36. The van der Waals surface area contributed by atoms with E-state index in [9.17, 15) is 9.59 Å². The number of aryl methyl sites for hydroxylation is 2. The normalized spacial score (nSPS) is 19.0. The van der Waals surface area contributed by atoms with Crippen LogP contribution in [0.2, 0.25) is 5.02 Å². The molecule has 0 aliphatic heterocycles. The molecular weight excluding hydrogens is 460 g/mol. The Kier molecular flexibility index (Phi) is 9.42. The molecule has 3 N–H and O–H groups in total. The van der Waals surface area contributed by atoms with E-state index in [2.05, 4.69) is 48.5 Å². The molecule has 1 amide bonds. The van der Waals surface area contributed by atoms with E-state index in [1.54, 1.807) is 6.07 Å². The maximum atomic E-state index is 13.2. The van der Waals surface area contributed by atoms with Crippen LogP contribution in [0.5, 0.6) is 0 Å². The van der Waals surface area contributed by atoms with Crippen molar-refractivity contribution in [1.29, 1.82) is 0 Å². The van der Waals surface area contributed by atoms with Gasteiger partial charge >= 0.3 is 0 Å². The van der Waals surface area contributed by atoms with Gasteiger partial charge in [0.1, 0.15) is 0 Å². The van der Waals surface area contributed by atoms with Gasteiger partial charge in [-0.15, -0.1) is 0 Å². The van der Waals surface area contributed by atoms with E-state index in [-0.39, 0.29) is 24.1 Å². The van der Waals surface area contributed by atoms with E-state index in [1.165, 1.54) is 25.7 Å². The van der Waals surface area contributed by atoms with Crippen molar-refractivity contribution in [3.8, 4) is 0 Å². The summed E-state index contributed by atoms with van der Waals surface area (Å²) in [7, 11) is 4.32. The first kappa shape index (κ1) is 27.3. The summed E-state index contributed by atoms with van der Waals surface area (Å²) >= 11 is 6.43. The van der Waals surface area contributed by atoms with Crippen molar-refractivity contribution in [3.63, 3.8) is 0 Å². The number of rotatable bonds is 9. The van der Waals surface area contributed by atoms with Crippen LogP contribution in [-0.4, -0.2) is 42.0 Å². The number of pyridine rings is 1. The second-order valence-corrected chi connectivity index (χ2v) is 10.7. The van der Waals surface area contributed by atoms with Crippen LogP contribution in [0.3, 0.4) is 0 Å². The molecule has 1 aromatic heterocycles. The molecule has 1 aliphatic carbocycles. The number of halogens is 1. The van der Waals surface area contributed by atoms with Crippen LogP contribution >= 0.6 is 11.6 Å². The molecule has 1 saturated carbocycles. The van der Waals surface area contributed by atoms with Crippen LogP contribution in [0.4, 0.5) is 5.69 Å². The van der Waals surface area contributed by atoms with Gasteiger partial charge in [0.15, 0.2) is 0 Å². The highest BCUT2D eigenvalue weighted by atomic mass is 35.5. The molecule has 3 rings (SSSR count). The number of benzene rings is 1. The number of hydrogen-bond acceptors (Lipinski definition) is 4. The van der Waals surface area contributed by atoms with E-state index in [0.717, 1.165) is 35.3 Å². The highest BCUT2D eigenvalue weighted by Crippen LogP contribution is 2.32. The predicted molar refractivity (Wildman–Crippen MR) is 146 cm³/mol. The van der Waals surface area contributed by atoms with Gasteiger partial charge < -0.3 is 20.5 Å². The van der Waals surface area contributed by atoms with E-state index in [1.807, 2.05) is 26.0 Å². The van der Waals surface area contributed by atoms with E-state index >= 15 is 0 Å². The van der Waals surface area contributed by atoms with Crippen molar-refractivity contribution in [2.45, 2.75) is 84.8 Å². The molecule has 1 atom stereocenters. The first-order valence-corrected chi connectivity index (χ1v) is 13.2. The summed E-state index contributed by atoms with van der Waals surface area (Å²) in [6, 6.07) is 6.55. The summed E-state index contributed by atoms with van der Waals surface area (Å²) in [5.41, 5.74) is 4.58. The number of nitrogens with one attached hydrogen (secondary N) is 3. The molecular formula is C28H41ClN4O2. The largest absolute Gasteiger partial charge is 0.382 e. The molecule has 1 aromatic carbocycles. The number of anilines is 1. The highest BCUT2D eigenvalue weighted by molar-refractivity contribution is 6.31. The number of carbonyl (C=O) groups is 1. The highest BCUT2D eigenvalue weighted by Gasteiger charge is 2.27. The average Bonchev–Trinajstić information content (AvgIpc) is 2.80. The summed E-state index contributed by atoms with van der Waals surface area (Å²) in [6.45, 7) is 8.31. The smallest absolute Gasteiger partial charge is 0.253 e. The molecule has 192 valence electrons. The lowest BCUT2D eigenvalue weighted by Crippen LogP contribution is -2.36. The maximum Gasteiger partial charge on any atom is 0.253 e. The van der Waals surface area contributed by atoms with Crippen LogP contribution in [0.1, 0.15) is 78.7 Å².